The molecular formula is C26H26O. The van der Waals surface area contributed by atoms with Crippen LogP contribution in [0.1, 0.15) is 43.0 Å². The van der Waals surface area contributed by atoms with Crippen LogP contribution < -0.4 is 0 Å². The summed E-state index contributed by atoms with van der Waals surface area (Å²) in [5.41, 5.74) is 8.76. The summed E-state index contributed by atoms with van der Waals surface area (Å²) in [5, 5.41) is 1.24. The second-order valence-electron chi connectivity index (χ2n) is 8.35. The molecule has 0 fully saturated rings. The monoisotopic (exact) mass is 354 g/mol. The van der Waals surface area contributed by atoms with E-state index in [0.717, 1.165) is 12.0 Å². The molecule has 0 aliphatic rings. The Bertz CT molecular complexity index is 1060. The maximum atomic E-state index is 6.20. The van der Waals surface area contributed by atoms with Crippen molar-refractivity contribution in [2.24, 2.45) is 0 Å². The minimum atomic E-state index is 0.0516. The Morgan fingerprint density at radius 2 is 1.48 bits per heavy atom. The zero-order valence-corrected chi connectivity index (χ0v) is 16.5. The summed E-state index contributed by atoms with van der Waals surface area (Å²) in [4.78, 5) is 0. The molecule has 27 heavy (non-hydrogen) atoms. The smallest absolute Gasteiger partial charge is 0.138 e. The number of hydrogen-bond donors (Lipinski definition) is 0. The molecule has 0 amide bonds. The summed E-state index contributed by atoms with van der Waals surface area (Å²) < 4.78 is 6.20. The SMILES string of the molecule is Cc1cc2c(C(C)(C)C)coc2c(Cc2ccccc2)c1-c1ccccc1. The lowest BCUT2D eigenvalue weighted by Crippen LogP contribution is -2.10. The molecule has 4 aromatic rings. The first-order valence-electron chi connectivity index (χ1n) is 9.58. The third kappa shape index (κ3) is 3.30. The quantitative estimate of drug-likeness (QED) is 0.376. The lowest BCUT2D eigenvalue weighted by Gasteiger charge is -2.19. The normalized spacial score (nSPS) is 11.9. The zero-order valence-electron chi connectivity index (χ0n) is 16.5. The Labute approximate surface area is 161 Å². The highest BCUT2D eigenvalue weighted by atomic mass is 16.3. The molecule has 0 saturated heterocycles. The Morgan fingerprint density at radius 1 is 0.852 bits per heavy atom. The lowest BCUT2D eigenvalue weighted by molar-refractivity contribution is 0.556. The number of aryl methyl sites for hydroxylation is 1. The van der Waals surface area contributed by atoms with Crippen LogP contribution in [0.25, 0.3) is 22.1 Å². The van der Waals surface area contributed by atoms with Crippen molar-refractivity contribution in [1.82, 2.24) is 0 Å². The van der Waals surface area contributed by atoms with Crippen LogP contribution in [0.5, 0.6) is 0 Å². The van der Waals surface area contributed by atoms with Gasteiger partial charge < -0.3 is 4.42 Å². The molecule has 1 heteroatoms. The van der Waals surface area contributed by atoms with E-state index in [4.69, 9.17) is 4.42 Å². The first-order chi connectivity index (χ1) is 12.9. The van der Waals surface area contributed by atoms with E-state index < -0.39 is 0 Å². The summed E-state index contributed by atoms with van der Waals surface area (Å²) >= 11 is 0. The molecule has 1 nitrogen and oxygen atoms in total. The fraction of sp³-hybridized carbons (Fsp3) is 0.231. The van der Waals surface area contributed by atoms with E-state index in [0.29, 0.717) is 0 Å². The Kier molecular flexibility index (Phi) is 4.39. The number of hydrogen-bond acceptors (Lipinski definition) is 1. The number of rotatable bonds is 3. The fourth-order valence-electron chi connectivity index (χ4n) is 3.94. The number of fused-ring (bicyclic) bond motifs is 1. The van der Waals surface area contributed by atoms with Crippen LogP contribution >= 0.6 is 0 Å². The van der Waals surface area contributed by atoms with E-state index in [9.17, 15) is 0 Å². The lowest BCUT2D eigenvalue weighted by atomic mass is 9.84. The van der Waals surface area contributed by atoms with Gasteiger partial charge in [-0.3, -0.25) is 0 Å². The molecule has 0 N–H and O–H groups in total. The number of benzene rings is 3. The summed E-state index contributed by atoms with van der Waals surface area (Å²) in [5.74, 6) is 0. The molecule has 4 rings (SSSR count). The zero-order chi connectivity index (χ0) is 19.0. The van der Waals surface area contributed by atoms with Crippen LogP contribution in [0.15, 0.2) is 77.4 Å². The molecule has 0 aliphatic carbocycles. The summed E-state index contributed by atoms with van der Waals surface area (Å²) in [6.45, 7) is 8.95. The standard InChI is InChI=1S/C26H26O/c1-18-15-21-23(26(2,3)4)17-27-25(21)22(16-19-11-7-5-8-12-19)24(18)20-13-9-6-10-14-20/h5-15,17H,16H2,1-4H3. The second kappa shape index (κ2) is 6.74. The molecule has 3 aromatic carbocycles. The van der Waals surface area contributed by atoms with E-state index in [1.54, 1.807) is 0 Å². The molecule has 0 saturated carbocycles. The first-order valence-corrected chi connectivity index (χ1v) is 9.58. The first kappa shape index (κ1) is 17.6. The van der Waals surface area contributed by atoms with Crippen LogP contribution in [0.4, 0.5) is 0 Å². The maximum absolute atomic E-state index is 6.20. The van der Waals surface area contributed by atoms with E-state index in [1.807, 2.05) is 6.26 Å². The predicted molar refractivity (Wildman–Crippen MR) is 114 cm³/mol. The molecule has 0 aliphatic heterocycles. The van der Waals surface area contributed by atoms with Gasteiger partial charge in [0.25, 0.3) is 0 Å². The second-order valence-corrected chi connectivity index (χ2v) is 8.35. The highest BCUT2D eigenvalue weighted by molar-refractivity contribution is 5.93. The maximum Gasteiger partial charge on any atom is 0.138 e. The average Bonchev–Trinajstić information content (AvgIpc) is 3.07. The minimum absolute atomic E-state index is 0.0516. The van der Waals surface area contributed by atoms with Gasteiger partial charge in [0.15, 0.2) is 0 Å². The molecule has 0 atom stereocenters. The van der Waals surface area contributed by atoms with Gasteiger partial charge in [0.2, 0.25) is 0 Å². The van der Waals surface area contributed by atoms with Gasteiger partial charge in [0.1, 0.15) is 5.58 Å². The Balaban J connectivity index is 2.01. The van der Waals surface area contributed by atoms with Crippen molar-refractivity contribution in [3.05, 3.63) is 95.2 Å². The van der Waals surface area contributed by atoms with Crippen molar-refractivity contribution in [2.45, 2.75) is 39.5 Å². The van der Waals surface area contributed by atoms with Crippen LogP contribution in [-0.4, -0.2) is 0 Å². The molecule has 1 heterocycles. The minimum Gasteiger partial charge on any atom is -0.464 e. The third-order valence-corrected chi connectivity index (χ3v) is 5.25. The van der Waals surface area contributed by atoms with Crippen molar-refractivity contribution < 1.29 is 4.42 Å². The van der Waals surface area contributed by atoms with Gasteiger partial charge in [-0.15, -0.1) is 0 Å². The molecule has 0 radical (unpaired) electrons. The molecule has 1 aromatic heterocycles. The van der Waals surface area contributed by atoms with E-state index >= 15 is 0 Å². The van der Waals surface area contributed by atoms with Crippen LogP contribution in [-0.2, 0) is 11.8 Å². The van der Waals surface area contributed by atoms with Gasteiger partial charge in [-0.25, -0.2) is 0 Å². The van der Waals surface area contributed by atoms with Crippen molar-refractivity contribution in [2.75, 3.05) is 0 Å². The molecule has 0 spiro atoms. The van der Waals surface area contributed by atoms with E-state index in [-0.39, 0.29) is 5.41 Å². The van der Waals surface area contributed by atoms with Crippen molar-refractivity contribution >= 4 is 11.0 Å². The molecule has 136 valence electrons. The van der Waals surface area contributed by atoms with Crippen LogP contribution in [0, 0.1) is 6.92 Å². The van der Waals surface area contributed by atoms with Gasteiger partial charge in [-0.2, -0.15) is 0 Å². The highest BCUT2D eigenvalue weighted by Crippen LogP contribution is 2.40. The Hall–Kier alpha value is -2.80. The molecule has 0 unspecified atom stereocenters. The highest BCUT2D eigenvalue weighted by Gasteiger charge is 2.24. The molecular weight excluding hydrogens is 328 g/mol. The van der Waals surface area contributed by atoms with Crippen molar-refractivity contribution in [3.8, 4) is 11.1 Å². The van der Waals surface area contributed by atoms with Gasteiger partial charge in [0.05, 0.1) is 6.26 Å². The summed E-state index contributed by atoms with van der Waals surface area (Å²) in [6.07, 6.45) is 2.81. The fourth-order valence-corrected chi connectivity index (χ4v) is 3.94. The average molecular weight is 354 g/mol. The van der Waals surface area contributed by atoms with Crippen molar-refractivity contribution in [3.63, 3.8) is 0 Å². The van der Waals surface area contributed by atoms with Gasteiger partial charge in [0, 0.05) is 22.9 Å². The van der Waals surface area contributed by atoms with Crippen LogP contribution in [0.2, 0.25) is 0 Å². The van der Waals surface area contributed by atoms with Crippen LogP contribution in [0.3, 0.4) is 0 Å². The summed E-state index contributed by atoms with van der Waals surface area (Å²) in [7, 11) is 0. The van der Waals surface area contributed by atoms with E-state index in [1.165, 1.54) is 38.8 Å². The van der Waals surface area contributed by atoms with Gasteiger partial charge in [-0.1, -0.05) is 81.4 Å². The van der Waals surface area contributed by atoms with Gasteiger partial charge in [-0.05, 0) is 40.7 Å². The summed E-state index contributed by atoms with van der Waals surface area (Å²) in [6, 6.07) is 23.6. The predicted octanol–water partition coefficient (Wildman–Crippen LogP) is 7.30. The molecule has 0 bridgehead atoms. The van der Waals surface area contributed by atoms with E-state index in [2.05, 4.69) is 94.4 Å². The Morgan fingerprint density at radius 3 is 2.11 bits per heavy atom. The van der Waals surface area contributed by atoms with Gasteiger partial charge >= 0.3 is 0 Å². The third-order valence-electron chi connectivity index (χ3n) is 5.25. The topological polar surface area (TPSA) is 13.1 Å². The van der Waals surface area contributed by atoms with Crippen molar-refractivity contribution in [1.29, 1.82) is 0 Å². The number of furan rings is 1. The largest absolute Gasteiger partial charge is 0.464 e.